The average Bonchev–Trinajstić information content (AvgIpc) is 2.41. The van der Waals surface area contributed by atoms with E-state index in [0.717, 1.165) is 6.07 Å². The SMILES string of the molecule is CCC1NC(=O)C(CC)N(c2c(Cl)cc(F)cc2Br)C1=O. The second-order valence-corrected chi connectivity index (χ2v) is 6.08. The Balaban J connectivity index is 2.57. The molecule has 1 aliphatic rings. The first-order valence-electron chi connectivity index (χ1n) is 6.68. The second kappa shape index (κ2) is 6.32. The molecule has 114 valence electrons. The van der Waals surface area contributed by atoms with Crippen LogP contribution in [0.2, 0.25) is 5.02 Å². The van der Waals surface area contributed by atoms with E-state index in [1.54, 1.807) is 0 Å². The number of benzene rings is 1. The molecule has 1 saturated heterocycles. The molecule has 1 aliphatic heterocycles. The summed E-state index contributed by atoms with van der Waals surface area (Å²) in [6.45, 7) is 3.62. The monoisotopic (exact) mass is 376 g/mol. The molecule has 21 heavy (non-hydrogen) atoms. The van der Waals surface area contributed by atoms with Gasteiger partial charge in [-0.1, -0.05) is 25.4 Å². The Labute approximate surface area is 135 Å². The lowest BCUT2D eigenvalue weighted by atomic mass is 10.0. The van der Waals surface area contributed by atoms with Gasteiger partial charge in [0, 0.05) is 4.47 Å². The molecule has 1 fully saturated rings. The topological polar surface area (TPSA) is 49.4 Å². The van der Waals surface area contributed by atoms with Crippen LogP contribution < -0.4 is 10.2 Å². The van der Waals surface area contributed by atoms with Crippen molar-refractivity contribution in [1.29, 1.82) is 0 Å². The Morgan fingerprint density at radius 1 is 1.33 bits per heavy atom. The van der Waals surface area contributed by atoms with E-state index in [2.05, 4.69) is 21.2 Å². The van der Waals surface area contributed by atoms with Crippen molar-refractivity contribution in [3.05, 3.63) is 27.4 Å². The van der Waals surface area contributed by atoms with E-state index in [9.17, 15) is 14.0 Å². The van der Waals surface area contributed by atoms with Gasteiger partial charge in [-0.05, 0) is 40.9 Å². The lowest BCUT2D eigenvalue weighted by molar-refractivity contribution is -0.134. The van der Waals surface area contributed by atoms with E-state index in [1.165, 1.54) is 11.0 Å². The van der Waals surface area contributed by atoms with Gasteiger partial charge in [-0.3, -0.25) is 14.5 Å². The number of piperazine rings is 1. The summed E-state index contributed by atoms with van der Waals surface area (Å²) in [5, 5.41) is 2.80. The molecule has 1 aromatic rings. The molecule has 2 rings (SSSR count). The third-order valence-corrected chi connectivity index (χ3v) is 4.38. The van der Waals surface area contributed by atoms with Crippen LogP contribution in [0.3, 0.4) is 0 Å². The summed E-state index contributed by atoms with van der Waals surface area (Å²) in [5.41, 5.74) is 0.336. The number of hydrogen-bond donors (Lipinski definition) is 1. The number of rotatable bonds is 3. The van der Waals surface area contributed by atoms with Gasteiger partial charge < -0.3 is 5.32 Å². The van der Waals surface area contributed by atoms with Crippen molar-refractivity contribution in [2.24, 2.45) is 0 Å². The maximum atomic E-state index is 13.4. The zero-order valence-corrected chi connectivity index (χ0v) is 14.0. The average molecular weight is 378 g/mol. The van der Waals surface area contributed by atoms with Crippen molar-refractivity contribution in [2.75, 3.05) is 4.90 Å². The first kappa shape index (κ1) is 16.2. The minimum Gasteiger partial charge on any atom is -0.342 e. The van der Waals surface area contributed by atoms with Gasteiger partial charge in [0.15, 0.2) is 0 Å². The number of carbonyl (C=O) groups is 2. The number of anilines is 1. The van der Waals surface area contributed by atoms with Crippen LogP contribution >= 0.6 is 27.5 Å². The Morgan fingerprint density at radius 2 is 2.00 bits per heavy atom. The molecule has 2 atom stereocenters. The van der Waals surface area contributed by atoms with Gasteiger partial charge in [-0.25, -0.2) is 4.39 Å². The van der Waals surface area contributed by atoms with Gasteiger partial charge in [0.25, 0.3) is 0 Å². The quantitative estimate of drug-likeness (QED) is 0.879. The fourth-order valence-corrected chi connectivity index (χ4v) is 3.48. The predicted molar refractivity (Wildman–Crippen MR) is 82.9 cm³/mol. The Morgan fingerprint density at radius 3 is 2.52 bits per heavy atom. The molecule has 2 unspecified atom stereocenters. The van der Waals surface area contributed by atoms with Crippen molar-refractivity contribution in [3.8, 4) is 0 Å². The minimum absolute atomic E-state index is 0.0956. The van der Waals surface area contributed by atoms with Crippen molar-refractivity contribution < 1.29 is 14.0 Å². The largest absolute Gasteiger partial charge is 0.342 e. The van der Waals surface area contributed by atoms with E-state index in [1.807, 2.05) is 13.8 Å². The molecule has 4 nitrogen and oxygen atoms in total. The molecule has 0 aromatic heterocycles. The van der Waals surface area contributed by atoms with Crippen molar-refractivity contribution >= 4 is 45.0 Å². The molecule has 0 radical (unpaired) electrons. The first-order valence-corrected chi connectivity index (χ1v) is 7.85. The van der Waals surface area contributed by atoms with Crippen LogP contribution in [-0.2, 0) is 9.59 Å². The lowest BCUT2D eigenvalue weighted by Crippen LogP contribution is -2.63. The van der Waals surface area contributed by atoms with Gasteiger partial charge >= 0.3 is 0 Å². The normalized spacial score (nSPS) is 22.4. The van der Waals surface area contributed by atoms with Gasteiger partial charge in [-0.2, -0.15) is 0 Å². The highest BCUT2D eigenvalue weighted by Gasteiger charge is 2.41. The van der Waals surface area contributed by atoms with E-state index in [4.69, 9.17) is 11.6 Å². The highest BCUT2D eigenvalue weighted by atomic mass is 79.9. The van der Waals surface area contributed by atoms with Gasteiger partial charge in [-0.15, -0.1) is 0 Å². The number of amides is 2. The van der Waals surface area contributed by atoms with Gasteiger partial charge in [0.1, 0.15) is 17.9 Å². The Hall–Kier alpha value is -1.14. The van der Waals surface area contributed by atoms with E-state index < -0.39 is 17.9 Å². The van der Waals surface area contributed by atoms with Gasteiger partial charge in [0.2, 0.25) is 11.8 Å². The summed E-state index contributed by atoms with van der Waals surface area (Å²) in [7, 11) is 0. The van der Waals surface area contributed by atoms with E-state index in [0.29, 0.717) is 23.0 Å². The van der Waals surface area contributed by atoms with Crippen LogP contribution in [0.1, 0.15) is 26.7 Å². The summed E-state index contributed by atoms with van der Waals surface area (Å²) < 4.78 is 13.7. The van der Waals surface area contributed by atoms with Crippen LogP contribution in [0.15, 0.2) is 16.6 Å². The standard InChI is InChI=1S/C14H15BrClFN2O2/c1-3-10-14(21)19(11(4-2)13(20)18-10)12-8(15)5-7(17)6-9(12)16/h5-6,10-11H,3-4H2,1-2H3,(H,18,20). The number of hydrogen-bond acceptors (Lipinski definition) is 2. The molecular weight excluding hydrogens is 363 g/mol. The molecule has 1 heterocycles. The smallest absolute Gasteiger partial charge is 0.250 e. The fourth-order valence-electron chi connectivity index (χ4n) is 2.44. The Bertz CT molecular complexity index is 573. The van der Waals surface area contributed by atoms with Gasteiger partial charge in [0.05, 0.1) is 10.7 Å². The summed E-state index contributed by atoms with van der Waals surface area (Å²) in [6.07, 6.45) is 0.919. The summed E-state index contributed by atoms with van der Waals surface area (Å²) >= 11 is 9.33. The molecule has 0 aliphatic carbocycles. The fraction of sp³-hybridized carbons (Fsp3) is 0.429. The third kappa shape index (κ3) is 2.92. The number of nitrogens with zero attached hydrogens (tertiary/aromatic N) is 1. The summed E-state index contributed by atoms with van der Waals surface area (Å²) in [6, 6.07) is 1.12. The molecule has 0 bridgehead atoms. The first-order chi connectivity index (χ1) is 9.90. The van der Waals surface area contributed by atoms with Crippen LogP contribution in [-0.4, -0.2) is 23.9 Å². The zero-order valence-electron chi connectivity index (χ0n) is 11.6. The van der Waals surface area contributed by atoms with Crippen LogP contribution in [0.4, 0.5) is 10.1 Å². The summed E-state index contributed by atoms with van der Waals surface area (Å²) in [4.78, 5) is 26.1. The highest BCUT2D eigenvalue weighted by Crippen LogP contribution is 2.38. The maximum absolute atomic E-state index is 13.4. The van der Waals surface area contributed by atoms with Crippen LogP contribution in [0.5, 0.6) is 0 Å². The Kier molecular flexibility index (Phi) is 4.88. The molecule has 1 aromatic carbocycles. The number of nitrogens with one attached hydrogen (secondary N) is 1. The maximum Gasteiger partial charge on any atom is 0.250 e. The van der Waals surface area contributed by atoms with Crippen molar-refractivity contribution in [2.45, 2.75) is 38.8 Å². The molecule has 7 heteroatoms. The number of halogens is 3. The molecular formula is C14H15BrClFN2O2. The minimum atomic E-state index is -0.653. The zero-order chi connectivity index (χ0) is 15.7. The van der Waals surface area contributed by atoms with Crippen LogP contribution in [0, 0.1) is 5.82 Å². The molecule has 0 spiro atoms. The highest BCUT2D eigenvalue weighted by molar-refractivity contribution is 9.10. The molecule has 1 N–H and O–H groups in total. The number of carbonyl (C=O) groups excluding carboxylic acids is 2. The van der Waals surface area contributed by atoms with Crippen molar-refractivity contribution in [1.82, 2.24) is 5.32 Å². The second-order valence-electron chi connectivity index (χ2n) is 4.82. The van der Waals surface area contributed by atoms with Crippen LogP contribution in [0.25, 0.3) is 0 Å². The predicted octanol–water partition coefficient (Wildman–Crippen LogP) is 3.26. The lowest BCUT2D eigenvalue weighted by Gasteiger charge is -2.39. The van der Waals surface area contributed by atoms with E-state index >= 15 is 0 Å². The molecule has 2 amide bonds. The summed E-state index contributed by atoms with van der Waals surface area (Å²) in [5.74, 6) is -0.973. The third-order valence-electron chi connectivity index (χ3n) is 3.48. The van der Waals surface area contributed by atoms with Crippen molar-refractivity contribution in [3.63, 3.8) is 0 Å². The van der Waals surface area contributed by atoms with E-state index in [-0.39, 0.29) is 16.8 Å². The molecule has 0 saturated carbocycles.